The normalized spacial score (nSPS) is 10.3. The molecule has 0 rings (SSSR count). The van der Waals surface area contributed by atoms with E-state index in [-0.39, 0.29) is 32.7 Å². The summed E-state index contributed by atoms with van der Waals surface area (Å²) in [6.45, 7) is 4.08. The monoisotopic (exact) mass is 284 g/mol. The van der Waals surface area contributed by atoms with Crippen LogP contribution in [0.2, 0.25) is 0 Å². The number of ether oxygens (including phenoxy) is 3. The Kier molecular flexibility index (Phi) is 8.06. The van der Waals surface area contributed by atoms with Crippen LogP contribution in [0.4, 0.5) is 0 Å². The van der Waals surface area contributed by atoms with E-state index in [1.807, 2.05) is 0 Å². The third-order valence-electron chi connectivity index (χ3n) is 2.46. The number of esters is 3. The van der Waals surface area contributed by atoms with E-state index in [2.05, 4.69) is 5.92 Å². The Morgan fingerprint density at radius 1 is 1.00 bits per heavy atom. The number of carbonyl (C=O) groups excluding carboxylic acids is 3. The van der Waals surface area contributed by atoms with Crippen molar-refractivity contribution in [1.82, 2.24) is 0 Å². The summed E-state index contributed by atoms with van der Waals surface area (Å²) >= 11 is 0. The average Bonchev–Trinajstić information content (AvgIpc) is 2.47. The topological polar surface area (TPSA) is 78.9 Å². The van der Waals surface area contributed by atoms with Gasteiger partial charge in [0, 0.05) is 12.8 Å². The van der Waals surface area contributed by atoms with Gasteiger partial charge in [0.05, 0.1) is 0 Å². The number of rotatable bonds is 8. The van der Waals surface area contributed by atoms with Crippen LogP contribution < -0.4 is 0 Å². The van der Waals surface area contributed by atoms with Gasteiger partial charge in [0.25, 0.3) is 0 Å². The van der Waals surface area contributed by atoms with Crippen molar-refractivity contribution in [2.75, 3.05) is 19.8 Å². The van der Waals surface area contributed by atoms with Crippen molar-refractivity contribution in [3.63, 3.8) is 0 Å². The molecule has 0 N–H and O–H groups in total. The van der Waals surface area contributed by atoms with Crippen molar-refractivity contribution in [2.24, 2.45) is 5.41 Å². The fourth-order valence-corrected chi connectivity index (χ4v) is 1.12. The van der Waals surface area contributed by atoms with E-state index in [4.69, 9.17) is 20.6 Å². The molecule has 0 aliphatic carbocycles. The number of hydrogen-bond acceptors (Lipinski definition) is 6. The first-order valence-corrected chi connectivity index (χ1v) is 6.31. The van der Waals surface area contributed by atoms with E-state index in [0.29, 0.717) is 0 Å². The molecular weight excluding hydrogens is 264 g/mol. The molecule has 0 fully saturated rings. The highest BCUT2D eigenvalue weighted by atomic mass is 16.6. The number of hydrogen-bond donors (Lipinski definition) is 0. The summed E-state index contributed by atoms with van der Waals surface area (Å²) in [4.78, 5) is 34.3. The minimum absolute atomic E-state index is 0.185. The SMILES string of the molecule is C#CCOC(=O)C(C)(COC(=O)CC)COC(=O)CC. The van der Waals surface area contributed by atoms with Crippen LogP contribution in [0.15, 0.2) is 0 Å². The van der Waals surface area contributed by atoms with Crippen LogP contribution in [0.5, 0.6) is 0 Å². The Morgan fingerprint density at radius 3 is 1.80 bits per heavy atom. The lowest BCUT2D eigenvalue weighted by Gasteiger charge is -2.25. The average molecular weight is 284 g/mol. The van der Waals surface area contributed by atoms with Gasteiger partial charge in [-0.3, -0.25) is 14.4 Å². The van der Waals surface area contributed by atoms with Gasteiger partial charge >= 0.3 is 17.9 Å². The van der Waals surface area contributed by atoms with Crippen LogP contribution in [0, 0.1) is 17.8 Å². The molecular formula is C14H20O6. The maximum atomic E-state index is 11.9. The molecule has 0 amide bonds. The predicted molar refractivity (Wildman–Crippen MR) is 70.4 cm³/mol. The predicted octanol–water partition coefficient (Wildman–Crippen LogP) is 1.08. The summed E-state index contributed by atoms with van der Waals surface area (Å²) in [6, 6.07) is 0. The zero-order valence-electron chi connectivity index (χ0n) is 12.1. The summed E-state index contributed by atoms with van der Waals surface area (Å²) < 4.78 is 14.7. The largest absolute Gasteiger partial charge is 0.464 e. The first-order chi connectivity index (χ1) is 9.39. The van der Waals surface area contributed by atoms with E-state index in [0.717, 1.165) is 0 Å². The Labute approximate surface area is 118 Å². The first-order valence-electron chi connectivity index (χ1n) is 6.31. The zero-order valence-corrected chi connectivity index (χ0v) is 12.1. The molecule has 0 atom stereocenters. The fraction of sp³-hybridized carbons (Fsp3) is 0.643. The highest BCUT2D eigenvalue weighted by molar-refractivity contribution is 5.78. The van der Waals surface area contributed by atoms with Crippen molar-refractivity contribution in [2.45, 2.75) is 33.6 Å². The quantitative estimate of drug-likeness (QED) is 0.377. The van der Waals surface area contributed by atoms with Crippen LogP contribution in [-0.4, -0.2) is 37.7 Å². The Bertz CT molecular complexity index is 373. The molecule has 6 heteroatoms. The van der Waals surface area contributed by atoms with Crippen molar-refractivity contribution in [1.29, 1.82) is 0 Å². The molecule has 0 aromatic rings. The molecule has 0 aromatic carbocycles. The maximum Gasteiger partial charge on any atom is 0.319 e. The van der Waals surface area contributed by atoms with Crippen LogP contribution >= 0.6 is 0 Å². The van der Waals surface area contributed by atoms with Gasteiger partial charge in [0.15, 0.2) is 6.61 Å². The summed E-state index contributed by atoms with van der Waals surface area (Å²) in [5, 5.41) is 0. The molecule has 112 valence electrons. The van der Waals surface area contributed by atoms with Crippen LogP contribution in [0.3, 0.4) is 0 Å². The lowest BCUT2D eigenvalue weighted by atomic mass is 9.93. The van der Waals surface area contributed by atoms with Gasteiger partial charge in [0.1, 0.15) is 18.6 Å². The molecule has 0 radical (unpaired) electrons. The second-order valence-corrected chi connectivity index (χ2v) is 4.37. The van der Waals surface area contributed by atoms with Gasteiger partial charge in [-0.05, 0) is 6.92 Å². The van der Waals surface area contributed by atoms with Crippen molar-refractivity contribution in [3.05, 3.63) is 0 Å². The minimum Gasteiger partial charge on any atom is -0.464 e. The molecule has 20 heavy (non-hydrogen) atoms. The molecule has 0 unspecified atom stereocenters. The number of terminal acetylenes is 1. The molecule has 6 nitrogen and oxygen atoms in total. The van der Waals surface area contributed by atoms with Crippen molar-refractivity contribution >= 4 is 17.9 Å². The van der Waals surface area contributed by atoms with E-state index in [9.17, 15) is 14.4 Å². The van der Waals surface area contributed by atoms with Gasteiger partial charge in [-0.2, -0.15) is 0 Å². The molecule has 0 saturated carbocycles. The molecule has 0 bridgehead atoms. The van der Waals surface area contributed by atoms with Crippen LogP contribution in [0.25, 0.3) is 0 Å². The third-order valence-corrected chi connectivity index (χ3v) is 2.46. The summed E-state index contributed by atoms with van der Waals surface area (Å²) in [5.41, 5.74) is -1.27. The summed E-state index contributed by atoms with van der Waals surface area (Å²) in [7, 11) is 0. The van der Waals surface area contributed by atoms with Crippen LogP contribution in [-0.2, 0) is 28.6 Å². The second kappa shape index (κ2) is 8.97. The zero-order chi connectivity index (χ0) is 15.6. The Hall–Kier alpha value is -2.03. The molecule has 0 aliphatic rings. The molecule has 0 saturated heterocycles. The summed E-state index contributed by atoms with van der Waals surface area (Å²) in [6.07, 6.45) is 5.38. The fourth-order valence-electron chi connectivity index (χ4n) is 1.12. The minimum atomic E-state index is -1.27. The Morgan fingerprint density at radius 2 is 1.45 bits per heavy atom. The van der Waals surface area contributed by atoms with Crippen molar-refractivity contribution < 1.29 is 28.6 Å². The smallest absolute Gasteiger partial charge is 0.319 e. The number of carbonyl (C=O) groups is 3. The van der Waals surface area contributed by atoms with E-state index >= 15 is 0 Å². The maximum absolute atomic E-state index is 11.9. The van der Waals surface area contributed by atoms with Crippen molar-refractivity contribution in [3.8, 4) is 12.3 Å². The lowest BCUT2D eigenvalue weighted by Crippen LogP contribution is -2.40. The molecule has 0 aliphatic heterocycles. The first kappa shape index (κ1) is 18.0. The van der Waals surface area contributed by atoms with E-state index in [1.54, 1.807) is 13.8 Å². The highest BCUT2D eigenvalue weighted by Gasteiger charge is 2.38. The highest BCUT2D eigenvalue weighted by Crippen LogP contribution is 2.20. The standard InChI is InChI=1S/C14H20O6/c1-5-8-18-13(17)14(4,9-19-11(15)6-2)10-20-12(16)7-3/h1H,6-10H2,2-4H3. The second-order valence-electron chi connectivity index (χ2n) is 4.37. The molecule has 0 aromatic heterocycles. The van der Waals surface area contributed by atoms with Crippen LogP contribution in [0.1, 0.15) is 33.6 Å². The molecule has 0 heterocycles. The third kappa shape index (κ3) is 6.23. The van der Waals surface area contributed by atoms with Gasteiger partial charge in [-0.15, -0.1) is 6.42 Å². The van der Waals surface area contributed by atoms with Gasteiger partial charge in [0.2, 0.25) is 0 Å². The molecule has 0 spiro atoms. The van der Waals surface area contributed by atoms with Gasteiger partial charge in [-0.1, -0.05) is 19.8 Å². The van der Waals surface area contributed by atoms with Gasteiger partial charge < -0.3 is 14.2 Å². The lowest BCUT2D eigenvalue weighted by molar-refractivity contribution is -0.169. The van der Waals surface area contributed by atoms with E-state index < -0.39 is 23.3 Å². The summed E-state index contributed by atoms with van der Waals surface area (Å²) in [5.74, 6) is 0.575. The Balaban J connectivity index is 4.73. The van der Waals surface area contributed by atoms with E-state index in [1.165, 1.54) is 6.92 Å². The van der Waals surface area contributed by atoms with Gasteiger partial charge in [-0.25, -0.2) is 0 Å².